The van der Waals surface area contributed by atoms with Crippen LogP contribution in [0.5, 0.6) is 0 Å². The number of benzene rings is 2. The average Bonchev–Trinajstić information content (AvgIpc) is 2.68. The highest BCUT2D eigenvalue weighted by atomic mass is 19.1. The van der Waals surface area contributed by atoms with E-state index in [4.69, 9.17) is 4.84 Å². The van der Waals surface area contributed by atoms with Gasteiger partial charge in [-0.2, -0.15) is 0 Å². The summed E-state index contributed by atoms with van der Waals surface area (Å²) in [5.41, 5.74) is 2.59. The first-order chi connectivity index (χ1) is 13.4. The van der Waals surface area contributed by atoms with Crippen molar-refractivity contribution in [1.29, 1.82) is 0 Å². The number of carbonyl (C=O) groups is 1. The number of rotatable bonds is 5. The van der Waals surface area contributed by atoms with E-state index in [1.54, 1.807) is 30.3 Å². The second-order valence-corrected chi connectivity index (χ2v) is 6.17. The van der Waals surface area contributed by atoms with Crippen LogP contribution in [0, 0.1) is 18.6 Å². The highest BCUT2D eigenvalue weighted by molar-refractivity contribution is 5.94. The molecule has 144 valence electrons. The Morgan fingerprint density at radius 1 is 1.11 bits per heavy atom. The lowest BCUT2D eigenvalue weighted by Gasteiger charge is -2.16. The number of aryl methyl sites for hydroxylation is 1. The Bertz CT molecular complexity index is 1020. The van der Waals surface area contributed by atoms with E-state index in [1.165, 1.54) is 26.3 Å². The van der Waals surface area contributed by atoms with Gasteiger partial charge in [-0.15, -0.1) is 0 Å². The molecule has 28 heavy (non-hydrogen) atoms. The molecule has 1 aromatic heterocycles. The van der Waals surface area contributed by atoms with Gasteiger partial charge in [0.25, 0.3) is 5.91 Å². The number of halogens is 2. The molecule has 3 aromatic rings. The third kappa shape index (κ3) is 4.15. The highest BCUT2D eigenvalue weighted by Crippen LogP contribution is 2.26. The van der Waals surface area contributed by atoms with E-state index < -0.39 is 11.6 Å². The summed E-state index contributed by atoms with van der Waals surface area (Å²) < 4.78 is 27.2. The predicted octanol–water partition coefficient (Wildman–Crippen LogP) is 4.71. The van der Waals surface area contributed by atoms with Gasteiger partial charge >= 0.3 is 0 Å². The SMILES string of the molecule is CON(C)C(=O)c1ccc(C)c(Nc2cccc(-c3ccc(F)cc3F)n2)c1. The third-order valence-corrected chi connectivity index (χ3v) is 4.26. The van der Waals surface area contributed by atoms with Crippen LogP contribution in [0.15, 0.2) is 54.6 Å². The molecule has 0 radical (unpaired) electrons. The van der Waals surface area contributed by atoms with E-state index in [1.807, 2.05) is 13.0 Å². The molecule has 0 aliphatic carbocycles. The molecule has 0 saturated heterocycles. The molecule has 0 aliphatic heterocycles. The van der Waals surface area contributed by atoms with E-state index in [0.29, 0.717) is 22.8 Å². The summed E-state index contributed by atoms with van der Waals surface area (Å²) in [5, 5.41) is 4.28. The third-order valence-electron chi connectivity index (χ3n) is 4.26. The Labute approximate surface area is 161 Å². The lowest BCUT2D eigenvalue weighted by atomic mass is 10.1. The normalized spacial score (nSPS) is 10.6. The molecule has 3 rings (SSSR count). The summed E-state index contributed by atoms with van der Waals surface area (Å²) in [6.45, 7) is 1.89. The summed E-state index contributed by atoms with van der Waals surface area (Å²) in [7, 11) is 2.94. The van der Waals surface area contributed by atoms with E-state index >= 15 is 0 Å². The Morgan fingerprint density at radius 2 is 1.89 bits per heavy atom. The van der Waals surface area contributed by atoms with Crippen LogP contribution in [0.2, 0.25) is 0 Å². The number of amides is 1. The first kappa shape index (κ1) is 19.4. The lowest BCUT2D eigenvalue weighted by molar-refractivity contribution is -0.0756. The Balaban J connectivity index is 1.91. The number of pyridine rings is 1. The van der Waals surface area contributed by atoms with Crippen molar-refractivity contribution in [2.24, 2.45) is 0 Å². The second-order valence-electron chi connectivity index (χ2n) is 6.17. The fraction of sp³-hybridized carbons (Fsp3) is 0.143. The van der Waals surface area contributed by atoms with Gasteiger partial charge in [0.2, 0.25) is 0 Å². The van der Waals surface area contributed by atoms with Gasteiger partial charge in [0.15, 0.2) is 0 Å². The molecule has 1 amide bonds. The first-order valence-electron chi connectivity index (χ1n) is 8.51. The standard InChI is InChI=1S/C21H19F2N3O2/c1-13-7-8-14(21(27)26(2)28-3)11-19(13)25-20-6-4-5-18(24-20)16-10-9-15(22)12-17(16)23/h4-12H,1-3H3,(H,24,25). The van der Waals surface area contributed by atoms with Crippen molar-refractivity contribution in [2.45, 2.75) is 6.92 Å². The number of nitrogens with one attached hydrogen (secondary N) is 1. The minimum absolute atomic E-state index is 0.201. The van der Waals surface area contributed by atoms with Crippen LogP contribution in [0.3, 0.4) is 0 Å². The van der Waals surface area contributed by atoms with E-state index in [2.05, 4.69) is 10.3 Å². The molecule has 0 unspecified atom stereocenters. The predicted molar refractivity (Wildman–Crippen MR) is 103 cm³/mol. The molecule has 0 spiro atoms. The van der Waals surface area contributed by atoms with Crippen LogP contribution in [-0.2, 0) is 4.84 Å². The number of hydrogen-bond donors (Lipinski definition) is 1. The van der Waals surface area contributed by atoms with Crippen molar-refractivity contribution in [3.8, 4) is 11.3 Å². The van der Waals surface area contributed by atoms with Gasteiger partial charge in [0.1, 0.15) is 17.5 Å². The maximum atomic E-state index is 14.1. The number of anilines is 2. The number of carbonyl (C=O) groups excluding carboxylic acids is 1. The topological polar surface area (TPSA) is 54.5 Å². The summed E-state index contributed by atoms with van der Waals surface area (Å²) in [6, 6.07) is 13.6. The monoisotopic (exact) mass is 383 g/mol. The van der Waals surface area contributed by atoms with E-state index in [9.17, 15) is 13.6 Å². The number of hydroxylamine groups is 2. The minimum Gasteiger partial charge on any atom is -0.340 e. The van der Waals surface area contributed by atoms with Gasteiger partial charge in [-0.05, 0) is 48.9 Å². The highest BCUT2D eigenvalue weighted by Gasteiger charge is 2.14. The first-order valence-corrected chi connectivity index (χ1v) is 8.51. The van der Waals surface area contributed by atoms with Crippen LogP contribution in [0.4, 0.5) is 20.3 Å². The summed E-state index contributed by atoms with van der Waals surface area (Å²) in [4.78, 5) is 21.6. The fourth-order valence-corrected chi connectivity index (χ4v) is 2.64. The summed E-state index contributed by atoms with van der Waals surface area (Å²) in [5.74, 6) is -1.15. The maximum Gasteiger partial charge on any atom is 0.277 e. The average molecular weight is 383 g/mol. The van der Waals surface area contributed by atoms with Crippen molar-refractivity contribution in [3.05, 3.63) is 77.4 Å². The second kappa shape index (κ2) is 8.14. The van der Waals surface area contributed by atoms with Crippen LogP contribution in [0.25, 0.3) is 11.3 Å². The molecule has 1 N–H and O–H groups in total. The molecule has 0 atom stereocenters. The molecule has 2 aromatic carbocycles. The zero-order valence-corrected chi connectivity index (χ0v) is 15.7. The maximum absolute atomic E-state index is 14.1. The van der Waals surface area contributed by atoms with Gasteiger partial charge in [-0.1, -0.05) is 12.1 Å². The van der Waals surface area contributed by atoms with Crippen molar-refractivity contribution in [3.63, 3.8) is 0 Å². The zero-order valence-electron chi connectivity index (χ0n) is 15.7. The Kier molecular flexibility index (Phi) is 5.65. The molecule has 7 heteroatoms. The van der Waals surface area contributed by atoms with Crippen molar-refractivity contribution in [1.82, 2.24) is 10.0 Å². The number of nitrogens with zero attached hydrogens (tertiary/aromatic N) is 2. The van der Waals surface area contributed by atoms with Crippen LogP contribution < -0.4 is 5.32 Å². The molecule has 0 bridgehead atoms. The van der Waals surface area contributed by atoms with Crippen LogP contribution in [0.1, 0.15) is 15.9 Å². The van der Waals surface area contributed by atoms with Crippen molar-refractivity contribution < 1.29 is 18.4 Å². The molecular formula is C21H19F2N3O2. The lowest BCUT2D eigenvalue weighted by Crippen LogP contribution is -2.25. The summed E-state index contributed by atoms with van der Waals surface area (Å²) >= 11 is 0. The molecule has 1 heterocycles. The quantitative estimate of drug-likeness (QED) is 0.648. The van der Waals surface area contributed by atoms with Gasteiger partial charge in [0.05, 0.1) is 12.8 Å². The fourth-order valence-electron chi connectivity index (χ4n) is 2.64. The van der Waals surface area contributed by atoms with E-state index in [0.717, 1.165) is 16.7 Å². The molecule has 0 saturated carbocycles. The number of hydrogen-bond acceptors (Lipinski definition) is 4. The van der Waals surface area contributed by atoms with Gasteiger partial charge in [-0.3, -0.25) is 9.63 Å². The number of aromatic nitrogens is 1. The van der Waals surface area contributed by atoms with Gasteiger partial charge < -0.3 is 5.32 Å². The van der Waals surface area contributed by atoms with Crippen LogP contribution in [-0.4, -0.2) is 30.1 Å². The molecular weight excluding hydrogens is 364 g/mol. The largest absolute Gasteiger partial charge is 0.340 e. The molecule has 0 fully saturated rings. The van der Waals surface area contributed by atoms with E-state index in [-0.39, 0.29) is 11.5 Å². The van der Waals surface area contributed by atoms with Crippen molar-refractivity contribution in [2.75, 3.05) is 19.5 Å². The summed E-state index contributed by atoms with van der Waals surface area (Å²) in [6.07, 6.45) is 0. The molecule has 0 aliphatic rings. The Hall–Kier alpha value is -3.32. The van der Waals surface area contributed by atoms with Crippen molar-refractivity contribution >= 4 is 17.4 Å². The van der Waals surface area contributed by atoms with Gasteiger partial charge in [-0.25, -0.2) is 18.8 Å². The minimum atomic E-state index is -0.684. The smallest absolute Gasteiger partial charge is 0.277 e. The Morgan fingerprint density at radius 3 is 2.61 bits per heavy atom. The zero-order chi connectivity index (χ0) is 20.3. The molecule has 5 nitrogen and oxygen atoms in total. The van der Waals surface area contributed by atoms with Gasteiger partial charge in [0, 0.05) is 29.9 Å². The van der Waals surface area contributed by atoms with Crippen LogP contribution >= 0.6 is 0 Å².